The molecule has 0 spiro atoms. The molecule has 0 saturated carbocycles. The maximum Gasteiger partial charge on any atom is 0.239 e. The van der Waals surface area contributed by atoms with E-state index in [0.29, 0.717) is 0 Å². The van der Waals surface area contributed by atoms with E-state index in [1.165, 1.54) is 0 Å². The van der Waals surface area contributed by atoms with Crippen molar-refractivity contribution in [2.45, 2.75) is 39.2 Å². The van der Waals surface area contributed by atoms with Gasteiger partial charge in [0.15, 0.2) is 0 Å². The van der Waals surface area contributed by atoms with Crippen molar-refractivity contribution in [3.05, 3.63) is 12.2 Å². The molecule has 0 fully saturated rings. The van der Waals surface area contributed by atoms with Crippen molar-refractivity contribution in [1.29, 1.82) is 0 Å². The largest absolute Gasteiger partial charge is 0.352 e. The van der Waals surface area contributed by atoms with E-state index in [4.69, 9.17) is 0 Å². The highest BCUT2D eigenvalue weighted by Crippen LogP contribution is 2.08. The Morgan fingerprint density at radius 2 is 1.31 bits per heavy atom. The molecule has 0 aliphatic rings. The van der Waals surface area contributed by atoms with Crippen molar-refractivity contribution < 1.29 is 19.2 Å². The van der Waals surface area contributed by atoms with Crippen LogP contribution in [-0.2, 0) is 19.2 Å². The standard InChI is InChI=1S/C17H31N5O4/c1-5-12(2)6-7-13(3)22-17(26)11-21-16(25)10-20-15(24)9-19-14(23)8-18-4/h13,18H,2,5-11H2,1,3-4H3,(H,19,23)(H,20,24)(H,21,25)(H,22,26)/t13-/m1/s1. The van der Waals surface area contributed by atoms with Crippen LogP contribution in [0.1, 0.15) is 33.1 Å². The summed E-state index contributed by atoms with van der Waals surface area (Å²) in [7, 11) is 1.61. The van der Waals surface area contributed by atoms with E-state index < -0.39 is 11.8 Å². The van der Waals surface area contributed by atoms with Crippen LogP contribution in [0.5, 0.6) is 0 Å². The van der Waals surface area contributed by atoms with Crippen molar-refractivity contribution >= 4 is 23.6 Å². The van der Waals surface area contributed by atoms with Crippen LogP contribution in [-0.4, -0.2) is 62.9 Å². The van der Waals surface area contributed by atoms with Gasteiger partial charge < -0.3 is 26.6 Å². The molecule has 26 heavy (non-hydrogen) atoms. The molecule has 0 rings (SSSR count). The molecule has 0 aliphatic heterocycles. The van der Waals surface area contributed by atoms with Crippen LogP contribution in [0.3, 0.4) is 0 Å². The second-order valence-electron chi connectivity index (χ2n) is 5.97. The van der Waals surface area contributed by atoms with Gasteiger partial charge in [-0.2, -0.15) is 0 Å². The molecular weight excluding hydrogens is 338 g/mol. The molecule has 9 nitrogen and oxygen atoms in total. The number of nitrogens with one attached hydrogen (secondary N) is 5. The van der Waals surface area contributed by atoms with E-state index in [9.17, 15) is 19.2 Å². The second kappa shape index (κ2) is 13.8. The molecular formula is C17H31N5O4. The summed E-state index contributed by atoms with van der Waals surface area (Å²) in [5.74, 6) is -1.58. The Morgan fingerprint density at radius 1 is 0.846 bits per heavy atom. The van der Waals surface area contributed by atoms with Gasteiger partial charge in [-0.15, -0.1) is 0 Å². The molecule has 9 heteroatoms. The smallest absolute Gasteiger partial charge is 0.239 e. The molecule has 0 unspecified atom stereocenters. The first-order chi connectivity index (χ1) is 12.3. The average molecular weight is 369 g/mol. The van der Waals surface area contributed by atoms with Gasteiger partial charge in [-0.25, -0.2) is 0 Å². The third-order valence-electron chi connectivity index (χ3n) is 3.51. The number of allylic oxidation sites excluding steroid dienone is 1. The van der Waals surface area contributed by atoms with Gasteiger partial charge >= 0.3 is 0 Å². The summed E-state index contributed by atoms with van der Waals surface area (Å²) in [5, 5.41) is 12.6. The lowest BCUT2D eigenvalue weighted by Crippen LogP contribution is -2.46. The molecule has 0 heterocycles. The lowest BCUT2D eigenvalue weighted by molar-refractivity contribution is -0.128. The molecule has 5 N–H and O–H groups in total. The van der Waals surface area contributed by atoms with Crippen LogP contribution >= 0.6 is 0 Å². The first-order valence-corrected chi connectivity index (χ1v) is 8.69. The summed E-state index contributed by atoms with van der Waals surface area (Å²) >= 11 is 0. The summed E-state index contributed by atoms with van der Waals surface area (Å²) in [6, 6.07) is -0.0105. The zero-order chi connectivity index (χ0) is 19.9. The lowest BCUT2D eigenvalue weighted by atomic mass is 10.1. The quantitative estimate of drug-likeness (QED) is 0.261. The zero-order valence-electron chi connectivity index (χ0n) is 15.9. The van der Waals surface area contributed by atoms with Gasteiger partial charge in [-0.1, -0.05) is 19.1 Å². The van der Waals surface area contributed by atoms with Gasteiger partial charge in [0.05, 0.1) is 26.2 Å². The SMILES string of the molecule is C=C(CC)CC[C@@H](C)NC(=O)CNC(=O)CNC(=O)CNC(=O)CNC. The number of hydrogen-bond donors (Lipinski definition) is 5. The van der Waals surface area contributed by atoms with Crippen LogP contribution in [0.25, 0.3) is 0 Å². The van der Waals surface area contributed by atoms with E-state index in [1.807, 2.05) is 13.8 Å². The molecule has 1 atom stereocenters. The van der Waals surface area contributed by atoms with Crippen molar-refractivity contribution in [1.82, 2.24) is 26.6 Å². The summed E-state index contributed by atoms with van der Waals surface area (Å²) in [6.45, 7) is 7.32. The van der Waals surface area contributed by atoms with Gasteiger partial charge in [-0.05, 0) is 33.2 Å². The summed E-state index contributed by atoms with van der Waals surface area (Å²) in [6.07, 6.45) is 2.56. The Morgan fingerprint density at radius 3 is 1.77 bits per heavy atom. The monoisotopic (exact) mass is 369 g/mol. The Labute approximate surface area is 154 Å². The summed E-state index contributed by atoms with van der Waals surface area (Å²) in [4.78, 5) is 46.0. The lowest BCUT2D eigenvalue weighted by Gasteiger charge is -2.14. The highest BCUT2D eigenvalue weighted by Gasteiger charge is 2.10. The zero-order valence-corrected chi connectivity index (χ0v) is 15.9. The van der Waals surface area contributed by atoms with Crippen LogP contribution in [0.15, 0.2) is 12.2 Å². The molecule has 0 aromatic carbocycles. The normalized spacial score (nSPS) is 11.2. The van der Waals surface area contributed by atoms with Crippen LogP contribution in [0.4, 0.5) is 0 Å². The summed E-state index contributed by atoms with van der Waals surface area (Å²) in [5.41, 5.74) is 1.14. The van der Waals surface area contributed by atoms with Gasteiger partial charge in [0, 0.05) is 6.04 Å². The Hall–Kier alpha value is -2.42. The Kier molecular flexibility index (Phi) is 12.5. The van der Waals surface area contributed by atoms with E-state index >= 15 is 0 Å². The first-order valence-electron chi connectivity index (χ1n) is 8.69. The van der Waals surface area contributed by atoms with Crippen LogP contribution in [0, 0.1) is 0 Å². The maximum atomic E-state index is 11.8. The second-order valence-corrected chi connectivity index (χ2v) is 5.97. The Bertz CT molecular complexity index is 507. The molecule has 0 bridgehead atoms. The first kappa shape index (κ1) is 23.6. The highest BCUT2D eigenvalue weighted by atomic mass is 16.2. The number of hydrogen-bond acceptors (Lipinski definition) is 5. The van der Waals surface area contributed by atoms with E-state index in [0.717, 1.165) is 24.8 Å². The average Bonchev–Trinajstić information content (AvgIpc) is 2.61. The number of rotatable bonds is 13. The summed E-state index contributed by atoms with van der Waals surface area (Å²) < 4.78 is 0. The van der Waals surface area contributed by atoms with Crippen molar-refractivity contribution in [2.75, 3.05) is 33.2 Å². The molecule has 0 saturated heterocycles. The maximum absolute atomic E-state index is 11.8. The van der Waals surface area contributed by atoms with Gasteiger partial charge in [-0.3, -0.25) is 19.2 Å². The van der Waals surface area contributed by atoms with Crippen molar-refractivity contribution in [2.24, 2.45) is 0 Å². The number of likely N-dealkylation sites (N-methyl/N-ethyl adjacent to an activating group) is 1. The van der Waals surface area contributed by atoms with Crippen LogP contribution in [0.2, 0.25) is 0 Å². The van der Waals surface area contributed by atoms with Gasteiger partial charge in [0.25, 0.3) is 0 Å². The number of carbonyl (C=O) groups excluding carboxylic acids is 4. The highest BCUT2D eigenvalue weighted by molar-refractivity contribution is 5.90. The molecule has 148 valence electrons. The predicted molar refractivity (Wildman–Crippen MR) is 99.2 cm³/mol. The van der Waals surface area contributed by atoms with Crippen LogP contribution < -0.4 is 26.6 Å². The number of carbonyl (C=O) groups is 4. The molecule has 4 amide bonds. The molecule has 0 radical (unpaired) electrons. The third kappa shape index (κ3) is 12.9. The van der Waals surface area contributed by atoms with E-state index in [1.54, 1.807) is 7.05 Å². The topological polar surface area (TPSA) is 128 Å². The Balaban J connectivity index is 3.86. The minimum absolute atomic E-state index is 0.0105. The third-order valence-corrected chi connectivity index (χ3v) is 3.51. The molecule has 0 aromatic rings. The van der Waals surface area contributed by atoms with Crippen molar-refractivity contribution in [3.63, 3.8) is 0 Å². The van der Waals surface area contributed by atoms with E-state index in [2.05, 4.69) is 33.2 Å². The fraction of sp³-hybridized carbons (Fsp3) is 0.647. The minimum atomic E-state index is -0.487. The predicted octanol–water partition coefficient (Wildman–Crippen LogP) is -1.19. The molecule has 0 aliphatic carbocycles. The molecule has 0 aromatic heterocycles. The van der Waals surface area contributed by atoms with E-state index in [-0.39, 0.29) is 44.0 Å². The fourth-order valence-electron chi connectivity index (χ4n) is 1.88. The minimum Gasteiger partial charge on any atom is -0.352 e. The van der Waals surface area contributed by atoms with Gasteiger partial charge in [0.1, 0.15) is 0 Å². The fourth-order valence-corrected chi connectivity index (χ4v) is 1.88. The van der Waals surface area contributed by atoms with Gasteiger partial charge in [0.2, 0.25) is 23.6 Å². The number of amides is 4. The van der Waals surface area contributed by atoms with Crippen molar-refractivity contribution in [3.8, 4) is 0 Å².